The molecular formula is C13H20N2O2. The van der Waals surface area contributed by atoms with Gasteiger partial charge in [0.15, 0.2) is 0 Å². The SMILES string of the molecule is Cc1cccc([N+](=O)[O-])c1NCC(C)C(C)C. The van der Waals surface area contributed by atoms with Gasteiger partial charge in [-0.15, -0.1) is 0 Å². The number of nitro benzene ring substituents is 1. The van der Waals surface area contributed by atoms with Gasteiger partial charge in [0.2, 0.25) is 0 Å². The van der Waals surface area contributed by atoms with Crippen molar-refractivity contribution in [2.75, 3.05) is 11.9 Å². The van der Waals surface area contributed by atoms with Gasteiger partial charge < -0.3 is 5.32 Å². The van der Waals surface area contributed by atoms with Crippen LogP contribution in [-0.4, -0.2) is 11.5 Å². The Morgan fingerprint density at radius 3 is 2.53 bits per heavy atom. The molecule has 0 saturated heterocycles. The summed E-state index contributed by atoms with van der Waals surface area (Å²) in [5.74, 6) is 1.04. The summed E-state index contributed by atoms with van der Waals surface area (Å²) in [6.07, 6.45) is 0. The van der Waals surface area contributed by atoms with Gasteiger partial charge in [0.1, 0.15) is 5.69 Å². The molecule has 4 heteroatoms. The van der Waals surface area contributed by atoms with E-state index < -0.39 is 0 Å². The van der Waals surface area contributed by atoms with Gasteiger partial charge in [-0.2, -0.15) is 0 Å². The Labute approximate surface area is 102 Å². The van der Waals surface area contributed by atoms with Crippen LogP contribution in [0.4, 0.5) is 11.4 Å². The molecule has 0 aliphatic rings. The van der Waals surface area contributed by atoms with Gasteiger partial charge in [0.05, 0.1) is 4.92 Å². The van der Waals surface area contributed by atoms with Crippen LogP contribution in [0, 0.1) is 28.9 Å². The Morgan fingerprint density at radius 1 is 1.35 bits per heavy atom. The lowest BCUT2D eigenvalue weighted by atomic mass is 9.98. The highest BCUT2D eigenvalue weighted by Gasteiger charge is 2.16. The zero-order chi connectivity index (χ0) is 13.0. The molecule has 17 heavy (non-hydrogen) atoms. The number of hydrogen-bond acceptors (Lipinski definition) is 3. The van der Waals surface area contributed by atoms with E-state index >= 15 is 0 Å². The van der Waals surface area contributed by atoms with Crippen molar-refractivity contribution in [2.24, 2.45) is 11.8 Å². The third kappa shape index (κ3) is 3.44. The Kier molecular flexibility index (Phi) is 4.49. The van der Waals surface area contributed by atoms with E-state index in [-0.39, 0.29) is 10.6 Å². The lowest BCUT2D eigenvalue weighted by molar-refractivity contribution is -0.384. The van der Waals surface area contributed by atoms with E-state index in [4.69, 9.17) is 0 Å². The van der Waals surface area contributed by atoms with Crippen molar-refractivity contribution >= 4 is 11.4 Å². The molecule has 1 atom stereocenters. The number of hydrogen-bond donors (Lipinski definition) is 1. The van der Waals surface area contributed by atoms with E-state index in [1.807, 2.05) is 13.0 Å². The van der Waals surface area contributed by atoms with E-state index in [1.165, 1.54) is 6.07 Å². The van der Waals surface area contributed by atoms with Crippen molar-refractivity contribution in [3.63, 3.8) is 0 Å². The van der Waals surface area contributed by atoms with Crippen LogP contribution in [0.25, 0.3) is 0 Å². The standard InChI is InChI=1S/C13H20N2O2/c1-9(2)11(4)8-14-13-10(3)6-5-7-12(13)15(16)17/h5-7,9,11,14H,8H2,1-4H3. The maximum absolute atomic E-state index is 10.9. The molecule has 4 nitrogen and oxygen atoms in total. The highest BCUT2D eigenvalue weighted by Crippen LogP contribution is 2.28. The van der Waals surface area contributed by atoms with Crippen LogP contribution in [0.15, 0.2) is 18.2 Å². The van der Waals surface area contributed by atoms with E-state index in [2.05, 4.69) is 26.1 Å². The van der Waals surface area contributed by atoms with Gasteiger partial charge in [-0.1, -0.05) is 32.9 Å². The normalized spacial score (nSPS) is 12.5. The number of benzene rings is 1. The number of rotatable bonds is 5. The van der Waals surface area contributed by atoms with Crippen LogP contribution in [0.1, 0.15) is 26.3 Å². The zero-order valence-electron chi connectivity index (χ0n) is 10.9. The van der Waals surface area contributed by atoms with E-state index in [9.17, 15) is 10.1 Å². The maximum Gasteiger partial charge on any atom is 0.292 e. The van der Waals surface area contributed by atoms with Crippen molar-refractivity contribution in [3.05, 3.63) is 33.9 Å². The summed E-state index contributed by atoms with van der Waals surface area (Å²) in [5.41, 5.74) is 1.71. The minimum atomic E-state index is -0.338. The predicted octanol–water partition coefficient (Wildman–Crippen LogP) is 3.61. The number of nitro groups is 1. The molecule has 0 bridgehead atoms. The molecule has 1 aromatic rings. The molecule has 0 amide bonds. The van der Waals surface area contributed by atoms with Crippen LogP contribution in [-0.2, 0) is 0 Å². The topological polar surface area (TPSA) is 55.2 Å². The summed E-state index contributed by atoms with van der Waals surface area (Å²) in [6, 6.07) is 5.13. The summed E-state index contributed by atoms with van der Waals surface area (Å²) < 4.78 is 0. The summed E-state index contributed by atoms with van der Waals surface area (Å²) in [7, 11) is 0. The molecule has 0 heterocycles. The third-order valence-corrected chi connectivity index (χ3v) is 3.19. The number of para-hydroxylation sites is 1. The first-order valence-electron chi connectivity index (χ1n) is 5.91. The molecule has 0 saturated carbocycles. The molecule has 1 aromatic carbocycles. The summed E-state index contributed by atoms with van der Waals surface area (Å²) in [4.78, 5) is 10.6. The van der Waals surface area contributed by atoms with Gasteiger partial charge in [-0.05, 0) is 24.3 Å². The molecule has 0 fully saturated rings. The van der Waals surface area contributed by atoms with E-state index in [0.29, 0.717) is 17.5 Å². The average molecular weight is 236 g/mol. The van der Waals surface area contributed by atoms with Crippen molar-refractivity contribution in [2.45, 2.75) is 27.7 Å². The van der Waals surface area contributed by atoms with Crippen molar-refractivity contribution in [1.82, 2.24) is 0 Å². The highest BCUT2D eigenvalue weighted by molar-refractivity contribution is 5.65. The van der Waals surface area contributed by atoms with Crippen molar-refractivity contribution < 1.29 is 4.92 Å². The van der Waals surface area contributed by atoms with E-state index in [0.717, 1.165) is 12.1 Å². The molecule has 1 rings (SSSR count). The van der Waals surface area contributed by atoms with E-state index in [1.54, 1.807) is 6.07 Å². The van der Waals surface area contributed by atoms with Crippen LogP contribution in [0.2, 0.25) is 0 Å². The predicted molar refractivity (Wildman–Crippen MR) is 70.3 cm³/mol. The van der Waals surface area contributed by atoms with Crippen molar-refractivity contribution in [1.29, 1.82) is 0 Å². The first-order chi connectivity index (χ1) is 7.93. The first-order valence-corrected chi connectivity index (χ1v) is 5.91. The molecule has 0 aromatic heterocycles. The number of nitrogens with zero attached hydrogens (tertiary/aromatic N) is 1. The lowest BCUT2D eigenvalue weighted by Gasteiger charge is -2.17. The minimum Gasteiger partial charge on any atom is -0.379 e. The largest absolute Gasteiger partial charge is 0.379 e. The molecule has 1 N–H and O–H groups in total. The minimum absolute atomic E-state index is 0.154. The van der Waals surface area contributed by atoms with Gasteiger partial charge in [0, 0.05) is 12.6 Å². The van der Waals surface area contributed by atoms with Crippen LogP contribution < -0.4 is 5.32 Å². The molecule has 0 aliphatic heterocycles. The fraction of sp³-hybridized carbons (Fsp3) is 0.538. The second-order valence-electron chi connectivity index (χ2n) is 4.83. The van der Waals surface area contributed by atoms with Gasteiger partial charge in [0.25, 0.3) is 5.69 Å². The molecule has 0 aliphatic carbocycles. The number of anilines is 1. The Bertz CT molecular complexity index is 402. The van der Waals surface area contributed by atoms with Gasteiger partial charge in [-0.3, -0.25) is 10.1 Å². The molecule has 94 valence electrons. The maximum atomic E-state index is 10.9. The first kappa shape index (κ1) is 13.5. The molecule has 1 unspecified atom stereocenters. The summed E-state index contributed by atoms with van der Waals surface area (Å²) >= 11 is 0. The van der Waals surface area contributed by atoms with Gasteiger partial charge >= 0.3 is 0 Å². The molecule has 0 radical (unpaired) electrons. The summed E-state index contributed by atoms with van der Waals surface area (Å²) in [5, 5.41) is 14.1. The highest BCUT2D eigenvalue weighted by atomic mass is 16.6. The Balaban J connectivity index is 2.86. The molecular weight excluding hydrogens is 216 g/mol. The number of nitrogens with one attached hydrogen (secondary N) is 1. The van der Waals surface area contributed by atoms with Gasteiger partial charge in [-0.25, -0.2) is 0 Å². The summed E-state index contributed by atoms with van der Waals surface area (Å²) in [6.45, 7) is 9.08. The monoisotopic (exact) mass is 236 g/mol. The smallest absolute Gasteiger partial charge is 0.292 e. The Hall–Kier alpha value is -1.58. The fourth-order valence-electron chi connectivity index (χ4n) is 1.53. The van der Waals surface area contributed by atoms with Crippen LogP contribution in [0.5, 0.6) is 0 Å². The quantitative estimate of drug-likeness (QED) is 0.627. The van der Waals surface area contributed by atoms with Crippen LogP contribution >= 0.6 is 0 Å². The third-order valence-electron chi connectivity index (χ3n) is 3.19. The lowest BCUT2D eigenvalue weighted by Crippen LogP contribution is -2.17. The molecule has 0 spiro atoms. The van der Waals surface area contributed by atoms with Crippen LogP contribution in [0.3, 0.4) is 0 Å². The second-order valence-corrected chi connectivity index (χ2v) is 4.83. The fourth-order valence-corrected chi connectivity index (χ4v) is 1.53. The van der Waals surface area contributed by atoms with Crippen molar-refractivity contribution in [3.8, 4) is 0 Å². The number of aryl methyl sites for hydroxylation is 1. The second kappa shape index (κ2) is 5.66. The average Bonchev–Trinajstić information content (AvgIpc) is 2.26. The zero-order valence-corrected chi connectivity index (χ0v) is 10.9. The Morgan fingerprint density at radius 2 is 2.00 bits per heavy atom.